The highest BCUT2D eigenvalue weighted by molar-refractivity contribution is 5.97. The number of nitrogens with one attached hydrogen (secondary N) is 1. The van der Waals surface area contributed by atoms with Crippen molar-refractivity contribution in [3.05, 3.63) is 66.7 Å². The minimum Gasteiger partial charge on any atom is -0.497 e. The highest BCUT2D eigenvalue weighted by atomic mass is 16.5. The third-order valence-corrected chi connectivity index (χ3v) is 5.97. The van der Waals surface area contributed by atoms with Crippen LogP contribution in [0.25, 0.3) is 11.1 Å². The summed E-state index contributed by atoms with van der Waals surface area (Å²) in [5.41, 5.74) is 2.90. The Kier molecular flexibility index (Phi) is 6.67. The Labute approximate surface area is 183 Å². The van der Waals surface area contributed by atoms with E-state index in [2.05, 4.69) is 26.7 Å². The van der Waals surface area contributed by atoms with E-state index in [9.17, 15) is 4.79 Å². The van der Waals surface area contributed by atoms with Crippen LogP contribution < -0.4 is 10.1 Å². The molecule has 1 amide bonds. The van der Waals surface area contributed by atoms with Crippen LogP contribution in [0.5, 0.6) is 5.75 Å². The fourth-order valence-electron chi connectivity index (χ4n) is 4.24. The lowest BCUT2D eigenvalue weighted by Crippen LogP contribution is -2.40. The first-order valence-corrected chi connectivity index (χ1v) is 10.9. The summed E-state index contributed by atoms with van der Waals surface area (Å²) in [6.07, 6.45) is 5.79. The number of benzene rings is 2. The van der Waals surface area contributed by atoms with Crippen LogP contribution >= 0.6 is 0 Å². The van der Waals surface area contributed by atoms with Crippen LogP contribution in [0.15, 0.2) is 60.9 Å². The number of likely N-dealkylation sites (tertiary alicyclic amines) is 1. The lowest BCUT2D eigenvalue weighted by molar-refractivity contribution is -0.121. The number of ether oxygens (including phenoxy) is 1. The van der Waals surface area contributed by atoms with Crippen LogP contribution in [0, 0.1) is 5.92 Å². The predicted octanol–water partition coefficient (Wildman–Crippen LogP) is 4.43. The number of imidazole rings is 1. The van der Waals surface area contributed by atoms with Gasteiger partial charge in [-0.2, -0.15) is 0 Å². The van der Waals surface area contributed by atoms with E-state index >= 15 is 0 Å². The van der Waals surface area contributed by atoms with Crippen LogP contribution in [0.2, 0.25) is 0 Å². The Morgan fingerprint density at radius 2 is 2.00 bits per heavy atom. The average Bonchev–Trinajstić information content (AvgIpc) is 3.27. The summed E-state index contributed by atoms with van der Waals surface area (Å²) in [7, 11) is 1.66. The van der Waals surface area contributed by atoms with E-state index in [0.29, 0.717) is 0 Å². The molecule has 0 aliphatic carbocycles. The van der Waals surface area contributed by atoms with Crippen molar-refractivity contribution in [1.82, 2.24) is 14.5 Å². The largest absolute Gasteiger partial charge is 0.497 e. The molecular formula is C25H30N4O2. The first-order chi connectivity index (χ1) is 15.2. The molecule has 3 aromatic rings. The van der Waals surface area contributed by atoms with Gasteiger partial charge in [0.2, 0.25) is 5.91 Å². The average molecular weight is 419 g/mol. The monoisotopic (exact) mass is 418 g/mol. The minimum absolute atomic E-state index is 0.0253. The number of hydrogen-bond acceptors (Lipinski definition) is 4. The molecule has 1 aliphatic heterocycles. The molecule has 1 saturated heterocycles. The number of piperidine rings is 1. The standard InChI is InChI=1S/C25H30N4O2/c1-3-29-16-14-26-24(29)18-28-15-6-7-20(17-28)25(30)27-23-9-5-4-8-22(23)19-10-12-21(31-2)13-11-19/h4-5,8-14,16,20H,3,6-7,15,17-18H2,1-2H3,(H,27,30)/t20-/m0/s1. The van der Waals surface area contributed by atoms with E-state index < -0.39 is 0 Å². The third kappa shape index (κ3) is 4.97. The van der Waals surface area contributed by atoms with Gasteiger partial charge in [0.25, 0.3) is 0 Å². The molecule has 0 radical (unpaired) electrons. The van der Waals surface area contributed by atoms with Crippen molar-refractivity contribution in [3.8, 4) is 16.9 Å². The summed E-state index contributed by atoms with van der Waals surface area (Å²) in [5.74, 6) is 1.94. The van der Waals surface area contributed by atoms with Crippen molar-refractivity contribution in [2.75, 3.05) is 25.5 Å². The maximum absolute atomic E-state index is 13.1. The van der Waals surface area contributed by atoms with E-state index in [4.69, 9.17) is 4.74 Å². The summed E-state index contributed by atoms with van der Waals surface area (Å²) in [6.45, 7) is 5.58. The Morgan fingerprint density at radius 3 is 2.77 bits per heavy atom. The molecule has 162 valence electrons. The van der Waals surface area contributed by atoms with E-state index in [1.807, 2.05) is 60.9 Å². The fourth-order valence-corrected chi connectivity index (χ4v) is 4.24. The van der Waals surface area contributed by atoms with E-state index in [1.165, 1.54) is 0 Å². The lowest BCUT2D eigenvalue weighted by atomic mass is 9.96. The van der Waals surface area contributed by atoms with Gasteiger partial charge in [0, 0.05) is 36.7 Å². The van der Waals surface area contributed by atoms with E-state index in [1.54, 1.807) is 7.11 Å². The van der Waals surface area contributed by atoms with Crippen LogP contribution in [-0.4, -0.2) is 40.6 Å². The topological polar surface area (TPSA) is 59.4 Å². The van der Waals surface area contributed by atoms with Gasteiger partial charge in [0.05, 0.1) is 19.6 Å². The SMILES string of the molecule is CCn1ccnc1CN1CCC[C@H](C(=O)Nc2ccccc2-c2ccc(OC)cc2)C1. The van der Waals surface area contributed by atoms with Gasteiger partial charge in [-0.3, -0.25) is 9.69 Å². The van der Waals surface area contributed by atoms with Gasteiger partial charge in [-0.15, -0.1) is 0 Å². The van der Waals surface area contributed by atoms with Gasteiger partial charge < -0.3 is 14.6 Å². The van der Waals surface area contributed by atoms with Gasteiger partial charge in [-0.1, -0.05) is 30.3 Å². The minimum atomic E-state index is -0.0253. The van der Waals surface area contributed by atoms with Crippen LogP contribution in [0.4, 0.5) is 5.69 Å². The number of hydrogen-bond donors (Lipinski definition) is 1. The number of rotatable bonds is 7. The van der Waals surface area contributed by atoms with Gasteiger partial charge in [0.1, 0.15) is 11.6 Å². The molecule has 31 heavy (non-hydrogen) atoms. The zero-order valence-electron chi connectivity index (χ0n) is 18.3. The smallest absolute Gasteiger partial charge is 0.228 e. The first kappa shape index (κ1) is 21.1. The molecule has 1 aliphatic rings. The normalized spacial score (nSPS) is 16.8. The molecule has 2 aromatic carbocycles. The number of aryl methyl sites for hydroxylation is 1. The predicted molar refractivity (Wildman–Crippen MR) is 123 cm³/mol. The number of carbonyl (C=O) groups excluding carboxylic acids is 1. The second kappa shape index (κ2) is 9.79. The van der Waals surface area contributed by atoms with Crippen molar-refractivity contribution in [2.24, 2.45) is 5.92 Å². The second-order valence-corrected chi connectivity index (χ2v) is 7.97. The maximum Gasteiger partial charge on any atom is 0.228 e. The molecule has 0 spiro atoms. The number of anilines is 1. The lowest BCUT2D eigenvalue weighted by Gasteiger charge is -2.32. The zero-order valence-corrected chi connectivity index (χ0v) is 18.3. The summed E-state index contributed by atoms with van der Waals surface area (Å²) in [4.78, 5) is 20.0. The fraction of sp³-hybridized carbons (Fsp3) is 0.360. The molecular weight excluding hydrogens is 388 g/mol. The quantitative estimate of drug-likeness (QED) is 0.617. The molecule has 0 unspecified atom stereocenters. The van der Waals surface area contributed by atoms with Crippen molar-refractivity contribution in [1.29, 1.82) is 0 Å². The van der Waals surface area contributed by atoms with E-state index in [0.717, 1.165) is 67.4 Å². The van der Waals surface area contributed by atoms with Crippen LogP contribution in [-0.2, 0) is 17.9 Å². The highest BCUT2D eigenvalue weighted by Gasteiger charge is 2.27. The maximum atomic E-state index is 13.1. The summed E-state index contributed by atoms with van der Waals surface area (Å²) >= 11 is 0. The number of para-hydroxylation sites is 1. The number of amides is 1. The molecule has 1 atom stereocenters. The molecule has 2 heterocycles. The number of aromatic nitrogens is 2. The van der Waals surface area contributed by atoms with Gasteiger partial charge in [-0.05, 0) is 50.1 Å². The molecule has 4 rings (SSSR count). The first-order valence-electron chi connectivity index (χ1n) is 10.9. The Morgan fingerprint density at radius 1 is 1.19 bits per heavy atom. The third-order valence-electron chi connectivity index (χ3n) is 5.97. The number of nitrogens with zero attached hydrogens (tertiary/aromatic N) is 3. The summed E-state index contributed by atoms with van der Waals surface area (Å²) in [5, 5.41) is 3.19. The molecule has 1 fully saturated rings. The van der Waals surface area contributed by atoms with Crippen LogP contribution in [0.1, 0.15) is 25.6 Å². The van der Waals surface area contributed by atoms with Crippen molar-refractivity contribution < 1.29 is 9.53 Å². The molecule has 0 saturated carbocycles. The summed E-state index contributed by atoms with van der Waals surface area (Å²) < 4.78 is 7.42. The highest BCUT2D eigenvalue weighted by Crippen LogP contribution is 2.30. The molecule has 0 bridgehead atoms. The van der Waals surface area contributed by atoms with Crippen molar-refractivity contribution in [3.63, 3.8) is 0 Å². The van der Waals surface area contributed by atoms with E-state index in [-0.39, 0.29) is 11.8 Å². The molecule has 6 nitrogen and oxygen atoms in total. The summed E-state index contributed by atoms with van der Waals surface area (Å²) in [6, 6.07) is 15.9. The zero-order chi connectivity index (χ0) is 21.6. The molecule has 1 N–H and O–H groups in total. The van der Waals surface area contributed by atoms with Gasteiger partial charge in [0.15, 0.2) is 0 Å². The van der Waals surface area contributed by atoms with Gasteiger partial charge >= 0.3 is 0 Å². The molecule has 1 aromatic heterocycles. The Bertz CT molecular complexity index is 1010. The van der Waals surface area contributed by atoms with Crippen molar-refractivity contribution in [2.45, 2.75) is 32.9 Å². The number of methoxy groups -OCH3 is 1. The Balaban J connectivity index is 1.44. The Hall–Kier alpha value is -3.12. The van der Waals surface area contributed by atoms with Crippen molar-refractivity contribution >= 4 is 11.6 Å². The number of carbonyl (C=O) groups is 1. The molecule has 6 heteroatoms. The van der Waals surface area contributed by atoms with Crippen LogP contribution in [0.3, 0.4) is 0 Å². The van der Waals surface area contributed by atoms with Gasteiger partial charge in [-0.25, -0.2) is 4.98 Å². The second-order valence-electron chi connectivity index (χ2n) is 7.97.